The van der Waals surface area contributed by atoms with Crippen LogP contribution in [0.4, 0.5) is 0 Å². The lowest BCUT2D eigenvalue weighted by atomic mass is 9.95. The molecule has 0 saturated carbocycles. The molecule has 1 unspecified atom stereocenters. The van der Waals surface area contributed by atoms with Gasteiger partial charge in [0.2, 0.25) is 0 Å². The van der Waals surface area contributed by atoms with Crippen LogP contribution in [0.1, 0.15) is 57.4 Å². The molecule has 0 bridgehead atoms. The highest BCUT2D eigenvalue weighted by Crippen LogP contribution is 2.32. The van der Waals surface area contributed by atoms with Crippen molar-refractivity contribution >= 4 is 11.3 Å². The Morgan fingerprint density at radius 3 is 2.18 bits per heavy atom. The number of nitrogens with one attached hydrogen (secondary N) is 1. The maximum absolute atomic E-state index is 10.1. The second kappa shape index (κ2) is 5.09. The Hall–Kier alpha value is -0.380. The van der Waals surface area contributed by atoms with Crippen molar-refractivity contribution in [1.82, 2.24) is 5.32 Å². The van der Waals surface area contributed by atoms with E-state index in [0.717, 1.165) is 4.88 Å². The smallest absolute Gasteiger partial charge is 0.101 e. The maximum atomic E-state index is 10.1. The zero-order chi connectivity index (χ0) is 13.3. The molecule has 1 rings (SSSR count). The molecule has 0 saturated heterocycles. The number of hydrogen-bond donors (Lipinski definition) is 2. The van der Waals surface area contributed by atoms with E-state index in [2.05, 4.69) is 52.9 Å². The number of rotatable bonds is 3. The number of aliphatic hydroxyl groups is 1. The van der Waals surface area contributed by atoms with Crippen LogP contribution < -0.4 is 5.32 Å². The zero-order valence-electron chi connectivity index (χ0n) is 11.8. The van der Waals surface area contributed by atoms with Crippen LogP contribution >= 0.6 is 11.3 Å². The second-order valence-corrected chi connectivity index (χ2v) is 7.71. The molecule has 2 nitrogen and oxygen atoms in total. The molecule has 1 aromatic heterocycles. The van der Waals surface area contributed by atoms with Crippen molar-refractivity contribution in [2.75, 3.05) is 6.54 Å². The Kier molecular flexibility index (Phi) is 4.39. The normalized spacial score (nSPS) is 15.0. The van der Waals surface area contributed by atoms with Crippen LogP contribution in [0.25, 0.3) is 0 Å². The molecule has 1 heterocycles. The van der Waals surface area contributed by atoms with E-state index < -0.39 is 6.10 Å². The summed E-state index contributed by atoms with van der Waals surface area (Å²) in [5.74, 6) is 0. The van der Waals surface area contributed by atoms with E-state index in [9.17, 15) is 5.11 Å². The minimum Gasteiger partial charge on any atom is -0.386 e. The first-order valence-electron chi connectivity index (χ1n) is 6.13. The summed E-state index contributed by atoms with van der Waals surface area (Å²) in [4.78, 5) is 2.37. The van der Waals surface area contributed by atoms with Gasteiger partial charge in [0.25, 0.3) is 0 Å². The van der Waals surface area contributed by atoms with Gasteiger partial charge in [0, 0.05) is 21.8 Å². The fraction of sp³-hybridized carbons (Fsp3) is 0.714. The summed E-state index contributed by atoms with van der Waals surface area (Å²) < 4.78 is 0. The van der Waals surface area contributed by atoms with Crippen LogP contribution in [0.2, 0.25) is 0 Å². The van der Waals surface area contributed by atoms with Gasteiger partial charge in [-0.15, -0.1) is 11.3 Å². The van der Waals surface area contributed by atoms with Crippen molar-refractivity contribution in [3.05, 3.63) is 21.9 Å². The van der Waals surface area contributed by atoms with Crippen LogP contribution in [0.3, 0.4) is 0 Å². The lowest BCUT2D eigenvalue weighted by Gasteiger charge is -2.22. The molecule has 0 aromatic carbocycles. The largest absolute Gasteiger partial charge is 0.386 e. The van der Waals surface area contributed by atoms with Gasteiger partial charge < -0.3 is 10.4 Å². The molecule has 0 fully saturated rings. The molecule has 1 aromatic rings. The van der Waals surface area contributed by atoms with Gasteiger partial charge in [0.1, 0.15) is 6.10 Å². The van der Waals surface area contributed by atoms with Crippen molar-refractivity contribution in [3.63, 3.8) is 0 Å². The third kappa shape index (κ3) is 4.78. The molecule has 1 atom stereocenters. The Morgan fingerprint density at radius 1 is 1.18 bits per heavy atom. The summed E-state index contributed by atoms with van der Waals surface area (Å²) in [5.41, 5.74) is 0.213. The van der Waals surface area contributed by atoms with Crippen molar-refractivity contribution in [3.8, 4) is 0 Å². The highest BCUT2D eigenvalue weighted by Gasteiger charge is 2.19. The van der Waals surface area contributed by atoms with Crippen LogP contribution in [0.5, 0.6) is 0 Å². The number of β-amino-alcohol motifs (C(OH)–C–C–N with tert-alkyl or cyclic N) is 1. The van der Waals surface area contributed by atoms with E-state index in [1.807, 2.05) is 6.07 Å². The first kappa shape index (κ1) is 14.7. The topological polar surface area (TPSA) is 32.3 Å². The lowest BCUT2D eigenvalue weighted by molar-refractivity contribution is 0.167. The van der Waals surface area contributed by atoms with Crippen molar-refractivity contribution in [1.29, 1.82) is 0 Å². The van der Waals surface area contributed by atoms with Crippen molar-refractivity contribution < 1.29 is 5.11 Å². The predicted octanol–water partition coefficient (Wildman–Crippen LogP) is 3.47. The molecule has 0 aliphatic heterocycles. The summed E-state index contributed by atoms with van der Waals surface area (Å²) in [6.07, 6.45) is -0.407. The summed E-state index contributed by atoms with van der Waals surface area (Å²) >= 11 is 1.71. The molecular weight excluding hydrogens is 230 g/mol. The first-order valence-corrected chi connectivity index (χ1v) is 6.94. The second-order valence-electron chi connectivity index (χ2n) is 6.60. The Balaban J connectivity index is 2.64. The van der Waals surface area contributed by atoms with Gasteiger partial charge in [-0.25, -0.2) is 0 Å². The number of thiophene rings is 1. The van der Waals surface area contributed by atoms with Gasteiger partial charge in [-0.1, -0.05) is 20.8 Å². The molecule has 98 valence electrons. The van der Waals surface area contributed by atoms with E-state index in [4.69, 9.17) is 0 Å². The number of hydrogen-bond acceptors (Lipinski definition) is 3. The van der Waals surface area contributed by atoms with E-state index in [0.29, 0.717) is 6.54 Å². The van der Waals surface area contributed by atoms with Crippen molar-refractivity contribution in [2.24, 2.45) is 0 Å². The zero-order valence-corrected chi connectivity index (χ0v) is 12.6. The molecule has 2 N–H and O–H groups in total. The molecular formula is C14H25NOS. The van der Waals surface area contributed by atoms with Crippen LogP contribution in [-0.2, 0) is 5.41 Å². The fourth-order valence-corrected chi connectivity index (χ4v) is 2.49. The third-order valence-corrected chi connectivity index (χ3v) is 4.13. The molecule has 0 spiro atoms. The Bertz CT molecular complexity index is 357. The Morgan fingerprint density at radius 2 is 1.76 bits per heavy atom. The number of aliphatic hydroxyl groups excluding tert-OH is 1. The lowest BCUT2D eigenvalue weighted by Crippen LogP contribution is -2.38. The van der Waals surface area contributed by atoms with E-state index in [-0.39, 0.29) is 11.0 Å². The van der Waals surface area contributed by atoms with Gasteiger partial charge in [0.15, 0.2) is 0 Å². The van der Waals surface area contributed by atoms with Gasteiger partial charge in [-0.05, 0) is 38.3 Å². The summed E-state index contributed by atoms with van der Waals surface area (Å²) in [5, 5.41) is 13.4. The first-order chi connectivity index (χ1) is 7.59. The maximum Gasteiger partial charge on any atom is 0.101 e. The predicted molar refractivity (Wildman–Crippen MR) is 75.7 cm³/mol. The van der Waals surface area contributed by atoms with Crippen LogP contribution in [0, 0.1) is 0 Å². The van der Waals surface area contributed by atoms with Crippen LogP contribution in [-0.4, -0.2) is 17.2 Å². The molecule has 3 heteroatoms. The third-order valence-electron chi connectivity index (χ3n) is 2.52. The van der Waals surface area contributed by atoms with E-state index in [1.165, 1.54) is 4.88 Å². The average molecular weight is 255 g/mol. The molecule has 0 amide bonds. The van der Waals surface area contributed by atoms with Gasteiger partial charge in [0.05, 0.1) is 0 Å². The van der Waals surface area contributed by atoms with E-state index in [1.54, 1.807) is 11.3 Å². The molecule has 0 radical (unpaired) electrons. The monoisotopic (exact) mass is 255 g/mol. The average Bonchev–Trinajstić information content (AvgIpc) is 2.60. The highest BCUT2D eigenvalue weighted by atomic mass is 32.1. The minimum absolute atomic E-state index is 0.0467. The molecule has 17 heavy (non-hydrogen) atoms. The molecule has 0 aliphatic rings. The summed E-state index contributed by atoms with van der Waals surface area (Å²) in [6.45, 7) is 13.5. The summed E-state index contributed by atoms with van der Waals surface area (Å²) in [6, 6.07) is 4.17. The van der Waals surface area contributed by atoms with E-state index >= 15 is 0 Å². The SMILES string of the molecule is CC(C)(C)NCC(O)c1ccc(C(C)(C)C)s1. The highest BCUT2D eigenvalue weighted by molar-refractivity contribution is 7.12. The molecule has 0 aliphatic carbocycles. The standard InChI is InChI=1S/C14H25NOS/c1-13(2,3)12-8-7-11(17-12)10(16)9-15-14(4,5)6/h7-8,10,15-16H,9H2,1-6H3. The Labute approximate surface area is 109 Å². The summed E-state index contributed by atoms with van der Waals surface area (Å²) in [7, 11) is 0. The van der Waals surface area contributed by atoms with Gasteiger partial charge in [-0.2, -0.15) is 0 Å². The van der Waals surface area contributed by atoms with Gasteiger partial charge >= 0.3 is 0 Å². The quantitative estimate of drug-likeness (QED) is 0.867. The van der Waals surface area contributed by atoms with Crippen molar-refractivity contribution in [2.45, 2.75) is 58.6 Å². The minimum atomic E-state index is -0.407. The van der Waals surface area contributed by atoms with Crippen LogP contribution in [0.15, 0.2) is 12.1 Å². The van der Waals surface area contributed by atoms with Gasteiger partial charge in [-0.3, -0.25) is 0 Å². The fourth-order valence-electron chi connectivity index (χ4n) is 1.44.